The van der Waals surface area contributed by atoms with Crippen LogP contribution < -0.4 is 5.73 Å². The first-order valence-corrected chi connectivity index (χ1v) is 5.93. The number of aromatic nitrogens is 2. The number of nitrogens with zero attached hydrogens (tertiary/aromatic N) is 1. The Labute approximate surface area is 91.0 Å². The standard InChI is InChI=1S/C7H12N3O5P/c8-5(1-6-2-9-4-10-6)3-15-16(13,14)7(11)12/h2,4-5H,1,3,8H2,(H,9,10)(H,11,12)(H,13,14). The van der Waals surface area contributed by atoms with Crippen LogP contribution in [0.25, 0.3) is 0 Å². The molecule has 2 atom stereocenters. The van der Waals surface area contributed by atoms with Gasteiger partial charge in [-0.15, -0.1) is 0 Å². The van der Waals surface area contributed by atoms with Crippen LogP contribution in [-0.4, -0.2) is 38.3 Å². The van der Waals surface area contributed by atoms with E-state index >= 15 is 0 Å². The van der Waals surface area contributed by atoms with Gasteiger partial charge in [-0.25, -0.2) is 14.3 Å². The maximum absolute atomic E-state index is 10.9. The second-order valence-corrected chi connectivity index (χ2v) is 4.82. The van der Waals surface area contributed by atoms with Crippen LogP contribution in [0.1, 0.15) is 5.69 Å². The van der Waals surface area contributed by atoms with Crippen LogP contribution in [-0.2, 0) is 15.5 Å². The molecule has 0 aliphatic rings. The van der Waals surface area contributed by atoms with E-state index in [-0.39, 0.29) is 6.61 Å². The van der Waals surface area contributed by atoms with Crippen LogP contribution in [0.3, 0.4) is 0 Å². The topological polar surface area (TPSA) is 139 Å². The summed E-state index contributed by atoms with van der Waals surface area (Å²) in [5, 5.41) is 8.32. The summed E-state index contributed by atoms with van der Waals surface area (Å²) < 4.78 is 15.2. The van der Waals surface area contributed by atoms with E-state index in [4.69, 9.17) is 15.7 Å². The van der Waals surface area contributed by atoms with Crippen molar-refractivity contribution in [3.05, 3.63) is 18.2 Å². The molecule has 0 saturated carbocycles. The molecule has 0 bridgehead atoms. The molecule has 8 nitrogen and oxygen atoms in total. The second kappa shape index (κ2) is 5.22. The summed E-state index contributed by atoms with van der Waals surface area (Å²) in [5.74, 6) is 0. The lowest BCUT2D eigenvalue weighted by molar-refractivity contribution is 0.192. The SMILES string of the molecule is NC(COP(=O)(O)C(=O)O)Cc1cnc[nH]1. The van der Waals surface area contributed by atoms with Crippen LogP contribution in [0, 0.1) is 0 Å². The van der Waals surface area contributed by atoms with E-state index in [9.17, 15) is 9.36 Å². The zero-order valence-electron chi connectivity index (χ0n) is 8.24. The molecule has 0 spiro atoms. The zero-order valence-corrected chi connectivity index (χ0v) is 9.13. The molecule has 0 aliphatic carbocycles. The lowest BCUT2D eigenvalue weighted by atomic mass is 10.2. The van der Waals surface area contributed by atoms with Gasteiger partial charge in [0.15, 0.2) is 0 Å². The molecule has 1 rings (SSSR count). The van der Waals surface area contributed by atoms with Gasteiger partial charge in [-0.05, 0) is 0 Å². The molecule has 0 aromatic carbocycles. The van der Waals surface area contributed by atoms with Gasteiger partial charge in [0.2, 0.25) is 0 Å². The quantitative estimate of drug-likeness (QED) is 0.526. The molecule has 1 heterocycles. The molecule has 0 fully saturated rings. The molecule has 0 radical (unpaired) electrons. The average Bonchev–Trinajstić information content (AvgIpc) is 2.67. The summed E-state index contributed by atoms with van der Waals surface area (Å²) in [6, 6.07) is -0.583. The number of nitrogens with two attached hydrogens (primary N) is 1. The normalized spacial score (nSPS) is 16.6. The third kappa shape index (κ3) is 3.74. The molecule has 1 aromatic rings. The van der Waals surface area contributed by atoms with Gasteiger partial charge in [-0.2, -0.15) is 0 Å². The van der Waals surface area contributed by atoms with Gasteiger partial charge in [-0.1, -0.05) is 0 Å². The van der Waals surface area contributed by atoms with E-state index in [1.165, 1.54) is 6.33 Å². The minimum Gasteiger partial charge on any atom is -0.472 e. The van der Waals surface area contributed by atoms with Crippen LogP contribution in [0.5, 0.6) is 0 Å². The number of hydrogen-bond donors (Lipinski definition) is 4. The number of carboxylic acid groups (broad SMARTS) is 1. The van der Waals surface area contributed by atoms with Gasteiger partial charge < -0.3 is 20.7 Å². The zero-order chi connectivity index (χ0) is 12.2. The molecule has 0 saturated heterocycles. The molecular formula is C7H12N3O5P. The Hall–Kier alpha value is -1.21. The lowest BCUT2D eigenvalue weighted by Crippen LogP contribution is -2.28. The van der Waals surface area contributed by atoms with E-state index in [1.807, 2.05) is 0 Å². The van der Waals surface area contributed by atoms with Crippen molar-refractivity contribution in [2.24, 2.45) is 5.73 Å². The highest BCUT2D eigenvalue weighted by Gasteiger charge is 2.30. The van der Waals surface area contributed by atoms with E-state index in [0.717, 1.165) is 5.69 Å². The minimum absolute atomic E-state index is 0.320. The molecule has 16 heavy (non-hydrogen) atoms. The highest BCUT2D eigenvalue weighted by molar-refractivity contribution is 7.70. The van der Waals surface area contributed by atoms with Crippen molar-refractivity contribution >= 4 is 13.3 Å². The number of carbonyl (C=O) groups is 1. The second-order valence-electron chi connectivity index (χ2n) is 3.14. The summed E-state index contributed by atoms with van der Waals surface area (Å²) in [6.07, 6.45) is 3.37. The first kappa shape index (κ1) is 12.9. The molecule has 9 heteroatoms. The predicted octanol–water partition coefficient (Wildman–Crippen LogP) is 0.160. The summed E-state index contributed by atoms with van der Waals surface area (Å²) in [6.45, 7) is -0.320. The van der Waals surface area contributed by atoms with E-state index in [0.29, 0.717) is 6.42 Å². The summed E-state index contributed by atoms with van der Waals surface area (Å²) in [4.78, 5) is 25.6. The average molecular weight is 249 g/mol. The fourth-order valence-electron chi connectivity index (χ4n) is 0.990. The Kier molecular flexibility index (Phi) is 4.19. The van der Waals surface area contributed by atoms with Crippen molar-refractivity contribution in [1.29, 1.82) is 0 Å². The van der Waals surface area contributed by atoms with Crippen LogP contribution in [0.15, 0.2) is 12.5 Å². The molecule has 0 amide bonds. The van der Waals surface area contributed by atoms with Crippen molar-refractivity contribution in [1.82, 2.24) is 9.97 Å². The van der Waals surface area contributed by atoms with Crippen LogP contribution >= 0.6 is 7.60 Å². The maximum atomic E-state index is 10.9. The smallest absolute Gasteiger partial charge is 0.435 e. The van der Waals surface area contributed by atoms with Gasteiger partial charge in [0.05, 0.1) is 12.9 Å². The van der Waals surface area contributed by atoms with Gasteiger partial charge >= 0.3 is 13.3 Å². The van der Waals surface area contributed by atoms with Crippen LogP contribution in [0.4, 0.5) is 4.79 Å². The fraction of sp³-hybridized carbons (Fsp3) is 0.429. The number of aromatic amines is 1. The minimum atomic E-state index is -4.60. The number of imidazole rings is 1. The lowest BCUT2D eigenvalue weighted by Gasteiger charge is -2.12. The highest BCUT2D eigenvalue weighted by Crippen LogP contribution is 2.42. The van der Waals surface area contributed by atoms with Gasteiger partial charge in [0.1, 0.15) is 0 Å². The Morgan fingerprint density at radius 2 is 2.44 bits per heavy atom. The molecule has 2 unspecified atom stereocenters. The predicted molar refractivity (Wildman–Crippen MR) is 54.1 cm³/mol. The van der Waals surface area contributed by atoms with Crippen molar-refractivity contribution in [3.63, 3.8) is 0 Å². The third-order valence-electron chi connectivity index (χ3n) is 1.74. The molecule has 1 aromatic heterocycles. The van der Waals surface area contributed by atoms with Gasteiger partial charge in [0, 0.05) is 24.4 Å². The Balaban J connectivity index is 2.39. The molecule has 90 valence electrons. The summed E-state index contributed by atoms with van der Waals surface area (Å²) >= 11 is 0. The molecule has 0 aliphatic heterocycles. The van der Waals surface area contributed by atoms with E-state index in [1.54, 1.807) is 6.20 Å². The number of nitrogens with one attached hydrogen (secondary N) is 1. The number of rotatable bonds is 6. The Morgan fingerprint density at radius 3 is 2.94 bits per heavy atom. The Bertz CT molecular complexity index is 393. The van der Waals surface area contributed by atoms with Crippen molar-refractivity contribution < 1.29 is 23.9 Å². The number of H-pyrrole nitrogens is 1. The monoisotopic (exact) mass is 249 g/mol. The third-order valence-corrected chi connectivity index (χ3v) is 2.72. The summed E-state index contributed by atoms with van der Waals surface area (Å²) in [7, 11) is -4.60. The first-order valence-electron chi connectivity index (χ1n) is 4.35. The summed E-state index contributed by atoms with van der Waals surface area (Å²) in [5.41, 5.74) is 4.42. The van der Waals surface area contributed by atoms with E-state index < -0.39 is 19.3 Å². The van der Waals surface area contributed by atoms with Gasteiger partial charge in [0.25, 0.3) is 0 Å². The number of hydrogen-bond acceptors (Lipinski definition) is 5. The molecule has 5 N–H and O–H groups in total. The van der Waals surface area contributed by atoms with Crippen LogP contribution in [0.2, 0.25) is 0 Å². The first-order chi connectivity index (χ1) is 7.42. The largest absolute Gasteiger partial charge is 0.472 e. The van der Waals surface area contributed by atoms with Crippen molar-refractivity contribution in [3.8, 4) is 0 Å². The van der Waals surface area contributed by atoms with Gasteiger partial charge in [-0.3, -0.25) is 4.52 Å². The maximum Gasteiger partial charge on any atom is 0.435 e. The fourth-order valence-corrected chi connectivity index (χ4v) is 1.49. The van der Waals surface area contributed by atoms with Crippen molar-refractivity contribution in [2.75, 3.05) is 6.61 Å². The highest BCUT2D eigenvalue weighted by atomic mass is 31.2. The van der Waals surface area contributed by atoms with E-state index in [2.05, 4.69) is 14.5 Å². The molecular weight excluding hydrogens is 237 g/mol. The Morgan fingerprint density at radius 1 is 1.75 bits per heavy atom. The van der Waals surface area contributed by atoms with Crippen molar-refractivity contribution in [2.45, 2.75) is 12.5 Å².